The fraction of sp³-hybridized carbons (Fsp3) is 0.833. The molecule has 2 atom stereocenters. The van der Waals surface area contributed by atoms with Crippen LogP contribution in [0.5, 0.6) is 0 Å². The average molecular weight is 244 g/mol. The Morgan fingerprint density at radius 1 is 1.31 bits per heavy atom. The van der Waals surface area contributed by atoms with Gasteiger partial charge in [-0.1, -0.05) is 45.3 Å². The van der Waals surface area contributed by atoms with Gasteiger partial charge in [0.2, 0.25) is 5.91 Å². The van der Waals surface area contributed by atoms with E-state index in [-0.39, 0.29) is 22.9 Å². The quantitative estimate of drug-likeness (QED) is 0.645. The standard InChI is InChI=1S/C12H24N2OS/c1-4-6-8-10(7-5-2)14-12(15)9(3)11(13)16/h9-10H,4-8H2,1-3H3,(H2,13,16)(H,14,15). The summed E-state index contributed by atoms with van der Waals surface area (Å²) in [4.78, 5) is 12.0. The number of hydrogen-bond acceptors (Lipinski definition) is 2. The Bertz CT molecular complexity index is 231. The summed E-state index contributed by atoms with van der Waals surface area (Å²) >= 11 is 4.82. The summed E-state index contributed by atoms with van der Waals surface area (Å²) in [5, 5.41) is 3.03. The first-order valence-corrected chi connectivity index (χ1v) is 6.53. The number of unbranched alkanes of at least 4 members (excludes halogenated alkanes) is 1. The molecule has 0 rings (SSSR count). The fourth-order valence-corrected chi connectivity index (χ4v) is 1.65. The highest BCUT2D eigenvalue weighted by atomic mass is 32.1. The number of carbonyl (C=O) groups excluding carboxylic acids is 1. The summed E-state index contributed by atoms with van der Waals surface area (Å²) in [5.74, 6) is -0.405. The summed E-state index contributed by atoms with van der Waals surface area (Å²) in [7, 11) is 0. The van der Waals surface area contributed by atoms with Crippen LogP contribution in [0.1, 0.15) is 52.9 Å². The maximum absolute atomic E-state index is 11.8. The van der Waals surface area contributed by atoms with Gasteiger partial charge in [0.25, 0.3) is 0 Å². The van der Waals surface area contributed by atoms with Gasteiger partial charge < -0.3 is 11.1 Å². The first-order chi connectivity index (χ1) is 7.52. The molecule has 0 saturated heterocycles. The number of rotatable bonds is 8. The van der Waals surface area contributed by atoms with E-state index >= 15 is 0 Å². The second kappa shape index (κ2) is 8.50. The maximum atomic E-state index is 11.8. The Morgan fingerprint density at radius 2 is 1.94 bits per heavy atom. The van der Waals surface area contributed by atoms with Crippen molar-refractivity contribution in [3.8, 4) is 0 Å². The van der Waals surface area contributed by atoms with Gasteiger partial charge in [-0.3, -0.25) is 4.79 Å². The molecule has 0 radical (unpaired) electrons. The molecule has 0 spiro atoms. The lowest BCUT2D eigenvalue weighted by Gasteiger charge is -2.20. The van der Waals surface area contributed by atoms with Crippen LogP contribution in [0, 0.1) is 5.92 Å². The van der Waals surface area contributed by atoms with E-state index in [0.29, 0.717) is 0 Å². The van der Waals surface area contributed by atoms with E-state index in [2.05, 4.69) is 19.2 Å². The lowest BCUT2D eigenvalue weighted by molar-refractivity contribution is -0.123. The molecule has 0 aliphatic carbocycles. The van der Waals surface area contributed by atoms with Crippen LogP contribution in [0.2, 0.25) is 0 Å². The number of thiocarbonyl (C=S) groups is 1. The predicted octanol–water partition coefficient (Wildman–Crippen LogP) is 2.38. The molecule has 0 aromatic rings. The maximum Gasteiger partial charge on any atom is 0.229 e. The van der Waals surface area contributed by atoms with E-state index in [9.17, 15) is 4.79 Å². The van der Waals surface area contributed by atoms with Gasteiger partial charge >= 0.3 is 0 Å². The molecule has 16 heavy (non-hydrogen) atoms. The Labute approximate surface area is 104 Å². The molecule has 2 unspecified atom stereocenters. The SMILES string of the molecule is CCCCC(CCC)NC(=O)C(C)C(N)=S. The third-order valence-corrected chi connectivity index (χ3v) is 3.06. The summed E-state index contributed by atoms with van der Waals surface area (Å²) in [6.45, 7) is 6.03. The van der Waals surface area contributed by atoms with Crippen molar-refractivity contribution in [2.45, 2.75) is 58.9 Å². The van der Waals surface area contributed by atoms with Gasteiger partial charge in [-0.25, -0.2) is 0 Å². The Morgan fingerprint density at radius 3 is 2.38 bits per heavy atom. The van der Waals surface area contributed by atoms with Crippen molar-refractivity contribution in [2.75, 3.05) is 0 Å². The minimum Gasteiger partial charge on any atom is -0.393 e. The van der Waals surface area contributed by atoms with Crippen LogP contribution >= 0.6 is 12.2 Å². The second-order valence-electron chi connectivity index (χ2n) is 4.26. The largest absolute Gasteiger partial charge is 0.393 e. The normalized spacial score (nSPS) is 14.2. The molecule has 3 N–H and O–H groups in total. The van der Waals surface area contributed by atoms with Gasteiger partial charge in [0.05, 0.1) is 10.9 Å². The van der Waals surface area contributed by atoms with Gasteiger partial charge in [-0.05, 0) is 19.8 Å². The van der Waals surface area contributed by atoms with Crippen LogP contribution in [-0.2, 0) is 4.79 Å². The lowest BCUT2D eigenvalue weighted by Crippen LogP contribution is -2.41. The molecule has 0 aliphatic heterocycles. The summed E-state index contributed by atoms with van der Waals surface area (Å²) in [6, 6.07) is 0.272. The van der Waals surface area contributed by atoms with Crippen LogP contribution in [0.25, 0.3) is 0 Å². The Balaban J connectivity index is 4.16. The molecule has 0 aromatic heterocycles. The van der Waals surface area contributed by atoms with Crippen LogP contribution in [0.15, 0.2) is 0 Å². The van der Waals surface area contributed by atoms with E-state index in [1.807, 2.05) is 0 Å². The lowest BCUT2D eigenvalue weighted by atomic mass is 10.0. The summed E-state index contributed by atoms with van der Waals surface area (Å²) in [6.07, 6.45) is 5.44. The van der Waals surface area contributed by atoms with Gasteiger partial charge in [-0.2, -0.15) is 0 Å². The molecule has 3 nitrogen and oxygen atoms in total. The minimum absolute atomic E-state index is 0.0398. The van der Waals surface area contributed by atoms with Gasteiger partial charge in [0.1, 0.15) is 0 Å². The monoisotopic (exact) mass is 244 g/mol. The Hall–Kier alpha value is -0.640. The molecule has 0 fully saturated rings. The van der Waals surface area contributed by atoms with Crippen LogP contribution in [0.4, 0.5) is 0 Å². The topological polar surface area (TPSA) is 55.1 Å². The van der Waals surface area contributed by atoms with Crippen molar-refractivity contribution in [2.24, 2.45) is 11.7 Å². The predicted molar refractivity (Wildman–Crippen MR) is 72.3 cm³/mol. The zero-order valence-electron chi connectivity index (χ0n) is 10.6. The van der Waals surface area contributed by atoms with Crippen molar-refractivity contribution in [1.82, 2.24) is 5.32 Å². The molecular weight excluding hydrogens is 220 g/mol. The number of carbonyl (C=O) groups is 1. The molecule has 94 valence electrons. The zero-order valence-corrected chi connectivity index (χ0v) is 11.4. The van der Waals surface area contributed by atoms with Crippen molar-refractivity contribution in [3.05, 3.63) is 0 Å². The van der Waals surface area contributed by atoms with Crippen molar-refractivity contribution < 1.29 is 4.79 Å². The molecule has 4 heteroatoms. The van der Waals surface area contributed by atoms with Crippen LogP contribution < -0.4 is 11.1 Å². The molecule has 0 aromatic carbocycles. The van der Waals surface area contributed by atoms with Gasteiger partial charge in [0.15, 0.2) is 0 Å². The first kappa shape index (κ1) is 15.4. The van der Waals surface area contributed by atoms with E-state index in [1.54, 1.807) is 6.92 Å². The molecule has 0 bridgehead atoms. The molecular formula is C12H24N2OS. The van der Waals surface area contributed by atoms with Crippen molar-refractivity contribution in [1.29, 1.82) is 0 Å². The first-order valence-electron chi connectivity index (χ1n) is 6.12. The third-order valence-electron chi connectivity index (χ3n) is 2.71. The highest BCUT2D eigenvalue weighted by Gasteiger charge is 2.18. The van der Waals surface area contributed by atoms with E-state index in [0.717, 1.165) is 32.1 Å². The smallest absolute Gasteiger partial charge is 0.229 e. The number of hydrogen-bond donors (Lipinski definition) is 2. The minimum atomic E-state index is -0.365. The number of nitrogens with two attached hydrogens (primary N) is 1. The van der Waals surface area contributed by atoms with E-state index in [1.165, 1.54) is 0 Å². The highest BCUT2D eigenvalue weighted by molar-refractivity contribution is 7.80. The molecule has 0 heterocycles. The van der Waals surface area contributed by atoms with E-state index in [4.69, 9.17) is 18.0 Å². The van der Waals surface area contributed by atoms with Gasteiger partial charge in [0, 0.05) is 6.04 Å². The molecule has 0 aliphatic rings. The van der Waals surface area contributed by atoms with Crippen LogP contribution in [0.3, 0.4) is 0 Å². The zero-order chi connectivity index (χ0) is 12.6. The Kier molecular flexibility index (Phi) is 8.16. The molecule has 0 saturated carbocycles. The van der Waals surface area contributed by atoms with Crippen LogP contribution in [-0.4, -0.2) is 16.9 Å². The highest BCUT2D eigenvalue weighted by Crippen LogP contribution is 2.08. The summed E-state index contributed by atoms with van der Waals surface area (Å²) < 4.78 is 0. The van der Waals surface area contributed by atoms with E-state index < -0.39 is 0 Å². The molecule has 1 amide bonds. The third kappa shape index (κ3) is 6.05. The summed E-state index contributed by atoms with van der Waals surface area (Å²) in [5.41, 5.74) is 5.46. The average Bonchev–Trinajstić information content (AvgIpc) is 2.24. The number of amides is 1. The second-order valence-corrected chi connectivity index (χ2v) is 4.73. The van der Waals surface area contributed by atoms with Crippen molar-refractivity contribution in [3.63, 3.8) is 0 Å². The van der Waals surface area contributed by atoms with Gasteiger partial charge in [-0.15, -0.1) is 0 Å². The van der Waals surface area contributed by atoms with Crippen molar-refractivity contribution >= 4 is 23.1 Å². The number of nitrogens with one attached hydrogen (secondary N) is 1. The fourth-order valence-electron chi connectivity index (χ4n) is 1.54.